The maximum atomic E-state index is 12.9. The largest absolute Gasteiger partial charge is 0.497 e. The highest BCUT2D eigenvalue weighted by molar-refractivity contribution is 7.89. The van der Waals surface area contributed by atoms with Gasteiger partial charge in [-0.05, 0) is 26.0 Å². The van der Waals surface area contributed by atoms with Crippen LogP contribution in [0.1, 0.15) is 17.2 Å². The second kappa shape index (κ2) is 7.19. The number of aromatic nitrogens is 4. The fourth-order valence-corrected chi connectivity index (χ4v) is 5.39. The molecule has 1 aromatic carbocycles. The van der Waals surface area contributed by atoms with Gasteiger partial charge in [0.25, 0.3) is 0 Å². The summed E-state index contributed by atoms with van der Waals surface area (Å²) in [6, 6.07) is 5.73. The van der Waals surface area contributed by atoms with E-state index in [9.17, 15) is 8.42 Å². The Morgan fingerprint density at radius 3 is 2.57 bits per heavy atom. The lowest BCUT2D eigenvalue weighted by Crippen LogP contribution is -2.48. The van der Waals surface area contributed by atoms with Crippen LogP contribution in [-0.2, 0) is 16.6 Å². The molecule has 1 aliphatic rings. The molecule has 0 saturated carbocycles. The smallest absolute Gasteiger partial charge is 0.246 e. The Hall–Kier alpha value is -2.43. The SMILES string of the molecule is COc1ccc2nc(CN3CCN(S(=O)(=O)c4c(C)n[nH]c4C)CC3)[nH]c2c1. The van der Waals surface area contributed by atoms with Gasteiger partial charge in [-0.15, -0.1) is 0 Å². The molecule has 9 nitrogen and oxygen atoms in total. The molecule has 4 rings (SSSR count). The molecule has 1 saturated heterocycles. The fraction of sp³-hybridized carbons (Fsp3) is 0.444. The van der Waals surface area contributed by atoms with Crippen LogP contribution in [-0.4, -0.2) is 71.1 Å². The van der Waals surface area contributed by atoms with E-state index in [4.69, 9.17) is 4.74 Å². The summed E-state index contributed by atoms with van der Waals surface area (Å²) in [7, 11) is -1.89. The first-order chi connectivity index (χ1) is 13.4. The number of H-pyrrole nitrogens is 2. The summed E-state index contributed by atoms with van der Waals surface area (Å²) in [5, 5.41) is 6.78. The van der Waals surface area contributed by atoms with Gasteiger partial charge < -0.3 is 9.72 Å². The highest BCUT2D eigenvalue weighted by atomic mass is 32.2. The van der Waals surface area contributed by atoms with Crippen LogP contribution in [0, 0.1) is 13.8 Å². The van der Waals surface area contributed by atoms with Gasteiger partial charge in [0.05, 0.1) is 36.1 Å². The van der Waals surface area contributed by atoms with E-state index in [-0.39, 0.29) is 0 Å². The van der Waals surface area contributed by atoms with E-state index in [0.717, 1.165) is 22.6 Å². The maximum absolute atomic E-state index is 12.9. The predicted octanol–water partition coefficient (Wildman–Crippen LogP) is 1.42. The van der Waals surface area contributed by atoms with E-state index >= 15 is 0 Å². The number of piperazine rings is 1. The summed E-state index contributed by atoms with van der Waals surface area (Å²) in [4.78, 5) is 10.4. The molecule has 0 unspecified atom stereocenters. The minimum Gasteiger partial charge on any atom is -0.497 e. The van der Waals surface area contributed by atoms with Crippen LogP contribution >= 0.6 is 0 Å². The quantitative estimate of drug-likeness (QED) is 0.666. The molecule has 1 fully saturated rings. The van der Waals surface area contributed by atoms with Crippen LogP contribution in [0.4, 0.5) is 0 Å². The van der Waals surface area contributed by atoms with E-state index in [1.54, 1.807) is 21.0 Å². The Balaban J connectivity index is 1.43. The fourth-order valence-electron chi connectivity index (χ4n) is 3.63. The Kier molecular flexibility index (Phi) is 4.86. The number of aryl methyl sites for hydroxylation is 2. The number of nitrogens with zero attached hydrogens (tertiary/aromatic N) is 4. The van der Waals surface area contributed by atoms with E-state index < -0.39 is 10.0 Å². The number of nitrogens with one attached hydrogen (secondary N) is 2. The summed E-state index contributed by atoms with van der Waals surface area (Å²) in [5.41, 5.74) is 2.92. The Morgan fingerprint density at radius 1 is 1.18 bits per heavy atom. The van der Waals surface area contributed by atoms with Gasteiger partial charge in [0, 0.05) is 32.2 Å². The second-order valence-electron chi connectivity index (χ2n) is 7.01. The lowest BCUT2D eigenvalue weighted by atomic mass is 10.3. The van der Waals surface area contributed by atoms with Crippen LogP contribution in [0.25, 0.3) is 11.0 Å². The molecular weight excluding hydrogens is 380 g/mol. The zero-order valence-corrected chi connectivity index (χ0v) is 17.0. The van der Waals surface area contributed by atoms with E-state index in [0.29, 0.717) is 49.0 Å². The molecule has 2 aromatic heterocycles. The predicted molar refractivity (Wildman–Crippen MR) is 105 cm³/mol. The topological polar surface area (TPSA) is 107 Å². The van der Waals surface area contributed by atoms with Crippen molar-refractivity contribution < 1.29 is 13.2 Å². The Bertz CT molecular complexity index is 1080. The number of sulfonamides is 1. The summed E-state index contributed by atoms with van der Waals surface area (Å²) in [6.07, 6.45) is 0. The van der Waals surface area contributed by atoms with Crippen molar-refractivity contribution >= 4 is 21.1 Å². The van der Waals surface area contributed by atoms with Gasteiger partial charge in [0.2, 0.25) is 10.0 Å². The first kappa shape index (κ1) is 18.9. The lowest BCUT2D eigenvalue weighted by molar-refractivity contribution is 0.178. The molecule has 3 heterocycles. The third-order valence-corrected chi connectivity index (χ3v) is 7.26. The molecular formula is C18H24N6O3S. The third-order valence-electron chi connectivity index (χ3n) is 5.10. The third kappa shape index (κ3) is 3.38. The second-order valence-corrected chi connectivity index (χ2v) is 8.88. The average molecular weight is 404 g/mol. The number of aromatic amines is 2. The summed E-state index contributed by atoms with van der Waals surface area (Å²) in [6.45, 7) is 6.28. The molecule has 0 aliphatic carbocycles. The minimum absolute atomic E-state index is 0.298. The van der Waals surface area contributed by atoms with Crippen molar-refractivity contribution in [2.75, 3.05) is 33.3 Å². The first-order valence-electron chi connectivity index (χ1n) is 9.15. The zero-order valence-electron chi connectivity index (χ0n) is 16.2. The molecule has 0 spiro atoms. The summed E-state index contributed by atoms with van der Waals surface area (Å²) in [5.74, 6) is 1.65. The van der Waals surface area contributed by atoms with Crippen molar-refractivity contribution in [3.8, 4) is 5.75 Å². The van der Waals surface area contributed by atoms with Crippen LogP contribution in [0.5, 0.6) is 5.75 Å². The van der Waals surface area contributed by atoms with Crippen LogP contribution in [0.3, 0.4) is 0 Å². The van der Waals surface area contributed by atoms with Crippen LogP contribution < -0.4 is 4.74 Å². The number of imidazole rings is 1. The maximum Gasteiger partial charge on any atom is 0.246 e. The normalized spacial score (nSPS) is 16.7. The monoisotopic (exact) mass is 404 g/mol. The number of rotatable bonds is 5. The van der Waals surface area contributed by atoms with Gasteiger partial charge in [-0.1, -0.05) is 0 Å². The molecule has 0 radical (unpaired) electrons. The van der Waals surface area contributed by atoms with Gasteiger partial charge in [-0.2, -0.15) is 9.40 Å². The summed E-state index contributed by atoms with van der Waals surface area (Å²) < 4.78 is 32.7. The number of fused-ring (bicyclic) bond motifs is 1. The number of hydrogen-bond donors (Lipinski definition) is 2. The average Bonchev–Trinajstić information content (AvgIpc) is 3.23. The van der Waals surface area contributed by atoms with Crippen molar-refractivity contribution in [1.29, 1.82) is 0 Å². The standard InChI is InChI=1S/C18H24N6O3S/c1-12-18(13(2)22-21-12)28(25,26)24-8-6-23(7-9-24)11-17-19-15-5-4-14(27-3)10-16(15)20-17/h4-5,10H,6-9,11H2,1-3H3,(H,19,20)(H,21,22). The molecule has 10 heteroatoms. The van der Waals surface area contributed by atoms with Crippen LogP contribution in [0.15, 0.2) is 23.1 Å². The number of methoxy groups -OCH3 is 1. The van der Waals surface area contributed by atoms with Gasteiger partial charge >= 0.3 is 0 Å². The minimum atomic E-state index is -3.53. The lowest BCUT2D eigenvalue weighted by Gasteiger charge is -2.33. The summed E-state index contributed by atoms with van der Waals surface area (Å²) >= 11 is 0. The van der Waals surface area contributed by atoms with Crippen molar-refractivity contribution in [3.63, 3.8) is 0 Å². The van der Waals surface area contributed by atoms with Crippen molar-refractivity contribution in [3.05, 3.63) is 35.4 Å². The molecule has 2 N–H and O–H groups in total. The Labute approximate surface area is 163 Å². The number of hydrogen-bond acceptors (Lipinski definition) is 6. The highest BCUT2D eigenvalue weighted by Gasteiger charge is 2.32. The Morgan fingerprint density at radius 2 is 1.93 bits per heavy atom. The first-order valence-corrected chi connectivity index (χ1v) is 10.6. The molecule has 0 bridgehead atoms. The van der Waals surface area contributed by atoms with Gasteiger partial charge in [0.1, 0.15) is 16.5 Å². The zero-order chi connectivity index (χ0) is 19.9. The van der Waals surface area contributed by atoms with Crippen molar-refractivity contribution in [2.45, 2.75) is 25.3 Å². The number of ether oxygens (including phenoxy) is 1. The molecule has 3 aromatic rings. The van der Waals surface area contributed by atoms with E-state index in [1.165, 1.54) is 4.31 Å². The van der Waals surface area contributed by atoms with Crippen LogP contribution in [0.2, 0.25) is 0 Å². The highest BCUT2D eigenvalue weighted by Crippen LogP contribution is 2.23. The molecule has 28 heavy (non-hydrogen) atoms. The molecule has 0 atom stereocenters. The van der Waals surface area contributed by atoms with Crippen molar-refractivity contribution in [1.82, 2.24) is 29.4 Å². The van der Waals surface area contributed by atoms with Crippen molar-refractivity contribution in [2.24, 2.45) is 0 Å². The molecule has 0 amide bonds. The number of benzene rings is 1. The molecule has 150 valence electrons. The van der Waals surface area contributed by atoms with E-state index in [2.05, 4.69) is 25.1 Å². The van der Waals surface area contributed by atoms with Gasteiger partial charge in [-0.3, -0.25) is 10.00 Å². The molecule has 1 aliphatic heterocycles. The van der Waals surface area contributed by atoms with E-state index in [1.807, 2.05) is 18.2 Å². The van der Waals surface area contributed by atoms with Gasteiger partial charge in [0.15, 0.2) is 0 Å². The van der Waals surface area contributed by atoms with Gasteiger partial charge in [-0.25, -0.2) is 13.4 Å².